The van der Waals surface area contributed by atoms with Gasteiger partial charge in [0, 0.05) is 17.8 Å². The number of rotatable bonds is 4. The van der Waals surface area contributed by atoms with Crippen LogP contribution in [0.15, 0.2) is 18.2 Å². The first-order valence-electron chi connectivity index (χ1n) is 6.35. The number of hydrogen-bond donors (Lipinski definition) is 1. The van der Waals surface area contributed by atoms with Crippen LogP contribution in [-0.4, -0.2) is 15.7 Å². The van der Waals surface area contributed by atoms with E-state index in [0.29, 0.717) is 33.4 Å². The molecule has 0 saturated heterocycles. The number of halogens is 2. The van der Waals surface area contributed by atoms with E-state index in [4.69, 9.17) is 33.7 Å². The van der Waals surface area contributed by atoms with E-state index in [1.807, 2.05) is 6.92 Å². The highest BCUT2D eigenvalue weighted by Crippen LogP contribution is 2.22. The largest absolute Gasteiger partial charge is 0.456 e. The first-order valence-corrected chi connectivity index (χ1v) is 7.11. The minimum absolute atomic E-state index is 0.0353. The number of nitrogen functional groups attached to an aromatic ring is 1. The van der Waals surface area contributed by atoms with Gasteiger partial charge in [-0.1, -0.05) is 30.1 Å². The Morgan fingerprint density at radius 3 is 2.67 bits per heavy atom. The second kappa shape index (κ2) is 6.37. The summed E-state index contributed by atoms with van der Waals surface area (Å²) in [4.78, 5) is 12.0. The highest BCUT2D eigenvalue weighted by atomic mass is 35.5. The number of ether oxygens (including phenoxy) is 1. The Kier molecular flexibility index (Phi) is 4.75. The number of nitrogens with two attached hydrogens (primary N) is 1. The van der Waals surface area contributed by atoms with E-state index >= 15 is 0 Å². The molecule has 0 amide bonds. The van der Waals surface area contributed by atoms with Crippen molar-refractivity contribution in [1.82, 2.24) is 9.78 Å². The first-order chi connectivity index (χ1) is 9.92. The maximum absolute atomic E-state index is 12.0. The molecule has 0 aliphatic rings. The fourth-order valence-corrected chi connectivity index (χ4v) is 2.52. The highest BCUT2D eigenvalue weighted by Gasteiger charge is 2.16. The lowest BCUT2D eigenvalue weighted by Crippen LogP contribution is -2.08. The summed E-state index contributed by atoms with van der Waals surface area (Å²) in [6, 6.07) is 4.57. The topological polar surface area (TPSA) is 70.1 Å². The molecule has 0 saturated carbocycles. The van der Waals surface area contributed by atoms with Gasteiger partial charge < -0.3 is 10.5 Å². The quantitative estimate of drug-likeness (QED) is 0.691. The Hall–Kier alpha value is -1.72. The number of anilines is 1. The Bertz CT molecular complexity index is 663. The van der Waals surface area contributed by atoms with Crippen molar-refractivity contribution in [2.24, 2.45) is 7.05 Å². The standard InChI is InChI=1S/C14H15Cl2N3O2/c1-3-11-13(16)12(19(2)18-11)7-21-14(20)8-4-9(15)6-10(17)5-8/h4-6H,3,7,17H2,1-2H3. The maximum atomic E-state index is 12.0. The van der Waals surface area contributed by atoms with Gasteiger partial charge in [-0.05, 0) is 24.6 Å². The van der Waals surface area contributed by atoms with Gasteiger partial charge in [-0.15, -0.1) is 0 Å². The smallest absolute Gasteiger partial charge is 0.338 e. The zero-order valence-electron chi connectivity index (χ0n) is 11.7. The molecule has 0 fully saturated rings. The molecular weight excluding hydrogens is 313 g/mol. The average molecular weight is 328 g/mol. The number of aromatic nitrogens is 2. The molecule has 2 rings (SSSR count). The SMILES string of the molecule is CCc1nn(C)c(COC(=O)c2cc(N)cc(Cl)c2)c1Cl. The molecule has 0 bridgehead atoms. The van der Waals surface area contributed by atoms with Crippen molar-refractivity contribution in [3.8, 4) is 0 Å². The zero-order chi connectivity index (χ0) is 15.6. The Labute approximate surface area is 132 Å². The number of esters is 1. The Morgan fingerprint density at radius 2 is 2.10 bits per heavy atom. The average Bonchev–Trinajstić information content (AvgIpc) is 2.69. The van der Waals surface area contributed by atoms with Crippen molar-refractivity contribution in [2.75, 3.05) is 5.73 Å². The third-order valence-corrected chi connectivity index (χ3v) is 3.65. The van der Waals surface area contributed by atoms with E-state index in [-0.39, 0.29) is 6.61 Å². The molecule has 1 aromatic carbocycles. The second-order valence-electron chi connectivity index (χ2n) is 4.53. The van der Waals surface area contributed by atoms with Gasteiger partial charge in [0.15, 0.2) is 0 Å². The van der Waals surface area contributed by atoms with Gasteiger partial charge in [0.1, 0.15) is 6.61 Å². The normalized spacial score (nSPS) is 10.7. The minimum atomic E-state index is -0.514. The molecule has 0 aliphatic heterocycles. The molecule has 7 heteroatoms. The van der Waals surface area contributed by atoms with E-state index in [1.165, 1.54) is 12.1 Å². The molecule has 0 unspecified atom stereocenters. The van der Waals surface area contributed by atoms with E-state index in [1.54, 1.807) is 17.8 Å². The second-order valence-corrected chi connectivity index (χ2v) is 5.35. The van der Waals surface area contributed by atoms with Crippen molar-refractivity contribution < 1.29 is 9.53 Å². The molecule has 1 heterocycles. The Morgan fingerprint density at radius 1 is 1.38 bits per heavy atom. The lowest BCUT2D eigenvalue weighted by molar-refractivity contribution is 0.0463. The van der Waals surface area contributed by atoms with Crippen LogP contribution in [0, 0.1) is 0 Å². The number of aryl methyl sites for hydroxylation is 2. The third-order valence-electron chi connectivity index (χ3n) is 3.00. The van der Waals surface area contributed by atoms with Crippen LogP contribution >= 0.6 is 23.2 Å². The van der Waals surface area contributed by atoms with E-state index in [2.05, 4.69) is 5.10 Å². The molecule has 21 heavy (non-hydrogen) atoms. The lowest BCUT2D eigenvalue weighted by atomic mass is 10.2. The summed E-state index contributed by atoms with van der Waals surface area (Å²) in [7, 11) is 1.76. The number of benzene rings is 1. The van der Waals surface area contributed by atoms with Gasteiger partial charge in [-0.25, -0.2) is 4.79 Å². The van der Waals surface area contributed by atoms with Crippen molar-refractivity contribution in [2.45, 2.75) is 20.0 Å². The summed E-state index contributed by atoms with van der Waals surface area (Å²) < 4.78 is 6.86. The van der Waals surface area contributed by atoms with Crippen LogP contribution in [-0.2, 0) is 24.8 Å². The van der Waals surface area contributed by atoms with Crippen LogP contribution in [0.5, 0.6) is 0 Å². The zero-order valence-corrected chi connectivity index (χ0v) is 13.2. The molecule has 2 N–H and O–H groups in total. The van der Waals surface area contributed by atoms with Crippen LogP contribution in [0.1, 0.15) is 28.7 Å². The van der Waals surface area contributed by atoms with Crippen LogP contribution in [0.2, 0.25) is 10.0 Å². The molecule has 0 aliphatic carbocycles. The predicted molar refractivity (Wildman–Crippen MR) is 82.6 cm³/mol. The van der Waals surface area contributed by atoms with E-state index in [9.17, 15) is 4.79 Å². The summed E-state index contributed by atoms with van der Waals surface area (Å²) in [6.07, 6.45) is 0.714. The van der Waals surface area contributed by atoms with Gasteiger partial charge in [-0.3, -0.25) is 4.68 Å². The van der Waals surface area contributed by atoms with Crippen molar-refractivity contribution >= 4 is 34.9 Å². The lowest BCUT2D eigenvalue weighted by Gasteiger charge is -2.07. The highest BCUT2D eigenvalue weighted by molar-refractivity contribution is 6.32. The van der Waals surface area contributed by atoms with Gasteiger partial charge in [0.2, 0.25) is 0 Å². The fourth-order valence-electron chi connectivity index (χ4n) is 1.92. The maximum Gasteiger partial charge on any atom is 0.338 e. The molecule has 5 nitrogen and oxygen atoms in total. The first kappa shape index (κ1) is 15.7. The number of carbonyl (C=O) groups is 1. The summed E-state index contributed by atoms with van der Waals surface area (Å²) >= 11 is 12.1. The molecule has 2 aromatic rings. The molecule has 0 spiro atoms. The van der Waals surface area contributed by atoms with Gasteiger partial charge in [0.05, 0.1) is 22.0 Å². The van der Waals surface area contributed by atoms with Crippen LogP contribution in [0.3, 0.4) is 0 Å². The van der Waals surface area contributed by atoms with E-state index < -0.39 is 5.97 Å². The summed E-state index contributed by atoms with van der Waals surface area (Å²) in [5, 5.41) is 5.17. The summed E-state index contributed by atoms with van der Waals surface area (Å²) in [5.41, 5.74) is 7.78. The van der Waals surface area contributed by atoms with Crippen molar-refractivity contribution in [3.05, 3.63) is 45.2 Å². The van der Waals surface area contributed by atoms with Crippen molar-refractivity contribution in [1.29, 1.82) is 0 Å². The van der Waals surface area contributed by atoms with Gasteiger partial charge in [0.25, 0.3) is 0 Å². The molecule has 112 valence electrons. The number of hydrogen-bond acceptors (Lipinski definition) is 4. The van der Waals surface area contributed by atoms with Gasteiger partial charge in [-0.2, -0.15) is 5.10 Å². The minimum Gasteiger partial charge on any atom is -0.456 e. The molecule has 1 aromatic heterocycles. The van der Waals surface area contributed by atoms with Crippen LogP contribution in [0.4, 0.5) is 5.69 Å². The molecule has 0 radical (unpaired) electrons. The summed E-state index contributed by atoms with van der Waals surface area (Å²) in [6.45, 7) is 1.99. The fraction of sp³-hybridized carbons (Fsp3) is 0.286. The van der Waals surface area contributed by atoms with Crippen LogP contribution in [0.25, 0.3) is 0 Å². The van der Waals surface area contributed by atoms with Crippen molar-refractivity contribution in [3.63, 3.8) is 0 Å². The van der Waals surface area contributed by atoms with Crippen LogP contribution < -0.4 is 5.73 Å². The number of nitrogens with zero attached hydrogens (tertiary/aromatic N) is 2. The number of carbonyl (C=O) groups excluding carboxylic acids is 1. The Balaban J connectivity index is 2.13. The third kappa shape index (κ3) is 3.49. The monoisotopic (exact) mass is 327 g/mol. The molecule has 0 atom stereocenters. The van der Waals surface area contributed by atoms with E-state index in [0.717, 1.165) is 5.69 Å². The molecular formula is C14H15Cl2N3O2. The van der Waals surface area contributed by atoms with Gasteiger partial charge >= 0.3 is 5.97 Å². The predicted octanol–water partition coefficient (Wildman–Crippen LogP) is 3.23. The summed E-state index contributed by atoms with van der Waals surface area (Å²) in [5.74, 6) is -0.514.